The summed E-state index contributed by atoms with van der Waals surface area (Å²) in [4.78, 5) is 0. The van der Waals surface area contributed by atoms with Crippen LogP contribution >= 0.6 is 0 Å². The van der Waals surface area contributed by atoms with E-state index in [4.69, 9.17) is 0 Å². The highest BCUT2D eigenvalue weighted by atomic mass is 19.1. The van der Waals surface area contributed by atoms with Crippen molar-refractivity contribution in [2.45, 2.75) is 19.4 Å². The highest BCUT2D eigenvalue weighted by molar-refractivity contribution is 5.78. The van der Waals surface area contributed by atoms with E-state index in [0.717, 1.165) is 25.0 Å². The van der Waals surface area contributed by atoms with Crippen molar-refractivity contribution in [2.75, 3.05) is 13.1 Å². The van der Waals surface area contributed by atoms with Crippen LogP contribution in [0.2, 0.25) is 0 Å². The maximum absolute atomic E-state index is 13.5. The molecule has 0 radical (unpaired) electrons. The van der Waals surface area contributed by atoms with E-state index in [0.29, 0.717) is 11.4 Å². The minimum absolute atomic E-state index is 0.230. The Labute approximate surface area is 99.6 Å². The van der Waals surface area contributed by atoms with Crippen LogP contribution in [-0.2, 0) is 6.54 Å². The predicted octanol–water partition coefficient (Wildman–Crippen LogP) is 2.17. The topological polar surface area (TPSA) is 29.9 Å². The fourth-order valence-electron chi connectivity index (χ4n) is 2.48. The lowest BCUT2D eigenvalue weighted by atomic mass is 9.98. The molecule has 3 rings (SSSR count). The summed E-state index contributed by atoms with van der Waals surface area (Å²) in [6.07, 6.45) is 4.30. The molecule has 0 spiro atoms. The molecule has 2 aromatic rings. The maximum Gasteiger partial charge on any atom is 0.151 e. The summed E-state index contributed by atoms with van der Waals surface area (Å²) in [5.41, 5.74) is 0.487. The summed E-state index contributed by atoms with van der Waals surface area (Å²) in [5.74, 6) is 0.431. The van der Waals surface area contributed by atoms with Gasteiger partial charge in [-0.2, -0.15) is 5.10 Å². The highest BCUT2D eigenvalue weighted by Gasteiger charge is 2.14. The van der Waals surface area contributed by atoms with Crippen LogP contribution in [0.4, 0.5) is 4.39 Å². The van der Waals surface area contributed by atoms with Crippen molar-refractivity contribution in [3.63, 3.8) is 0 Å². The van der Waals surface area contributed by atoms with Gasteiger partial charge in [-0.05, 0) is 37.9 Å². The second-order valence-electron chi connectivity index (χ2n) is 4.72. The quantitative estimate of drug-likeness (QED) is 0.861. The zero-order chi connectivity index (χ0) is 11.7. The molecule has 0 bridgehead atoms. The molecule has 1 saturated heterocycles. The van der Waals surface area contributed by atoms with Gasteiger partial charge in [-0.25, -0.2) is 4.39 Å². The minimum atomic E-state index is -0.230. The van der Waals surface area contributed by atoms with E-state index >= 15 is 0 Å². The highest BCUT2D eigenvalue weighted by Crippen LogP contribution is 2.18. The van der Waals surface area contributed by atoms with Crippen LogP contribution in [0.3, 0.4) is 0 Å². The molecule has 1 aromatic heterocycles. The van der Waals surface area contributed by atoms with E-state index in [1.165, 1.54) is 18.9 Å². The number of hydrogen-bond donors (Lipinski definition) is 1. The number of nitrogens with zero attached hydrogens (tertiary/aromatic N) is 2. The van der Waals surface area contributed by atoms with Crippen LogP contribution in [-0.4, -0.2) is 22.9 Å². The smallest absolute Gasteiger partial charge is 0.151 e. The van der Waals surface area contributed by atoms with Crippen LogP contribution in [0.1, 0.15) is 12.8 Å². The zero-order valence-corrected chi connectivity index (χ0v) is 9.69. The number of halogens is 1. The number of piperidine rings is 1. The van der Waals surface area contributed by atoms with Crippen LogP contribution in [0.25, 0.3) is 10.9 Å². The second-order valence-corrected chi connectivity index (χ2v) is 4.72. The molecule has 17 heavy (non-hydrogen) atoms. The second kappa shape index (κ2) is 4.45. The van der Waals surface area contributed by atoms with Gasteiger partial charge >= 0.3 is 0 Å². The van der Waals surface area contributed by atoms with Crippen molar-refractivity contribution < 1.29 is 4.39 Å². The summed E-state index contributed by atoms with van der Waals surface area (Å²) < 4.78 is 15.4. The zero-order valence-electron chi connectivity index (χ0n) is 9.69. The normalized spacial score (nSPS) is 17.7. The predicted molar refractivity (Wildman–Crippen MR) is 65.3 cm³/mol. The Morgan fingerprint density at radius 1 is 1.35 bits per heavy atom. The average molecular weight is 233 g/mol. The molecule has 90 valence electrons. The van der Waals surface area contributed by atoms with E-state index in [-0.39, 0.29) is 5.82 Å². The molecule has 3 nitrogen and oxygen atoms in total. The van der Waals surface area contributed by atoms with Crippen LogP contribution in [0, 0.1) is 11.7 Å². The lowest BCUT2D eigenvalue weighted by molar-refractivity contribution is 0.322. The molecular weight excluding hydrogens is 217 g/mol. The lowest BCUT2D eigenvalue weighted by Gasteiger charge is -2.22. The van der Waals surface area contributed by atoms with Crippen molar-refractivity contribution in [2.24, 2.45) is 5.92 Å². The van der Waals surface area contributed by atoms with Gasteiger partial charge in [-0.1, -0.05) is 12.1 Å². The largest absolute Gasteiger partial charge is 0.317 e. The molecule has 1 aliphatic rings. The van der Waals surface area contributed by atoms with Crippen molar-refractivity contribution in [3.05, 3.63) is 30.2 Å². The molecule has 1 aliphatic heterocycles. The van der Waals surface area contributed by atoms with Gasteiger partial charge in [0.25, 0.3) is 0 Å². The first-order chi connectivity index (χ1) is 8.33. The lowest BCUT2D eigenvalue weighted by Crippen LogP contribution is -2.29. The summed E-state index contributed by atoms with van der Waals surface area (Å²) in [6.45, 7) is 3.06. The summed E-state index contributed by atoms with van der Waals surface area (Å²) >= 11 is 0. The van der Waals surface area contributed by atoms with Crippen molar-refractivity contribution >= 4 is 10.9 Å². The van der Waals surface area contributed by atoms with Gasteiger partial charge in [0.1, 0.15) is 5.52 Å². The number of fused-ring (bicyclic) bond motifs is 1. The molecule has 0 saturated carbocycles. The number of aromatic nitrogens is 2. The van der Waals surface area contributed by atoms with Crippen molar-refractivity contribution in [1.29, 1.82) is 0 Å². The average Bonchev–Trinajstić information content (AvgIpc) is 2.74. The van der Waals surface area contributed by atoms with E-state index in [1.54, 1.807) is 6.07 Å². The maximum atomic E-state index is 13.5. The molecule has 0 amide bonds. The molecule has 4 heteroatoms. The molecule has 2 heterocycles. The Bertz CT molecular complexity index is 514. The molecule has 0 unspecified atom stereocenters. The molecule has 0 atom stereocenters. The van der Waals surface area contributed by atoms with E-state index < -0.39 is 0 Å². The SMILES string of the molecule is Fc1cccc2cn(CC3CCNCC3)nc12. The van der Waals surface area contributed by atoms with Gasteiger partial charge in [-0.3, -0.25) is 4.68 Å². The monoisotopic (exact) mass is 233 g/mol. The third-order valence-electron chi connectivity index (χ3n) is 3.44. The Hall–Kier alpha value is -1.42. The molecule has 0 aliphatic carbocycles. The Morgan fingerprint density at radius 2 is 2.18 bits per heavy atom. The van der Waals surface area contributed by atoms with Gasteiger partial charge in [0, 0.05) is 18.1 Å². The first-order valence-electron chi connectivity index (χ1n) is 6.15. The molecular formula is C13H16FN3. The van der Waals surface area contributed by atoms with E-state index in [9.17, 15) is 4.39 Å². The Morgan fingerprint density at radius 3 is 2.94 bits per heavy atom. The summed E-state index contributed by atoms with van der Waals surface area (Å²) in [5, 5.41) is 8.56. The first kappa shape index (κ1) is 10.7. The van der Waals surface area contributed by atoms with E-state index in [2.05, 4.69) is 10.4 Å². The van der Waals surface area contributed by atoms with Gasteiger partial charge in [0.15, 0.2) is 5.82 Å². The fraction of sp³-hybridized carbons (Fsp3) is 0.462. The first-order valence-corrected chi connectivity index (χ1v) is 6.15. The minimum Gasteiger partial charge on any atom is -0.317 e. The van der Waals surface area contributed by atoms with Gasteiger partial charge in [-0.15, -0.1) is 0 Å². The molecule has 1 aromatic carbocycles. The standard InChI is InChI=1S/C13H16FN3/c14-12-3-1-2-11-9-17(16-13(11)12)8-10-4-6-15-7-5-10/h1-3,9-10,15H,4-8H2. The van der Waals surface area contributed by atoms with E-state index in [1.807, 2.05) is 16.9 Å². The third kappa shape index (κ3) is 2.17. The van der Waals surface area contributed by atoms with Crippen LogP contribution in [0.5, 0.6) is 0 Å². The summed E-state index contributed by atoms with van der Waals surface area (Å²) in [6, 6.07) is 5.10. The van der Waals surface area contributed by atoms with Crippen molar-refractivity contribution in [1.82, 2.24) is 15.1 Å². The third-order valence-corrected chi connectivity index (χ3v) is 3.44. The van der Waals surface area contributed by atoms with Gasteiger partial charge < -0.3 is 5.32 Å². The van der Waals surface area contributed by atoms with Crippen molar-refractivity contribution in [3.8, 4) is 0 Å². The molecule has 1 N–H and O–H groups in total. The van der Waals surface area contributed by atoms with Gasteiger partial charge in [0.05, 0.1) is 0 Å². The van der Waals surface area contributed by atoms with Gasteiger partial charge in [0.2, 0.25) is 0 Å². The Balaban J connectivity index is 1.83. The van der Waals surface area contributed by atoms with Crippen LogP contribution in [0.15, 0.2) is 24.4 Å². The number of nitrogens with one attached hydrogen (secondary N) is 1. The van der Waals surface area contributed by atoms with Crippen LogP contribution < -0.4 is 5.32 Å². The summed E-state index contributed by atoms with van der Waals surface area (Å²) in [7, 11) is 0. The Kier molecular flexibility index (Phi) is 2.81. The fourth-order valence-corrected chi connectivity index (χ4v) is 2.48. The number of rotatable bonds is 2. The number of hydrogen-bond acceptors (Lipinski definition) is 2. The molecule has 1 fully saturated rings. The number of benzene rings is 1.